The summed E-state index contributed by atoms with van der Waals surface area (Å²) in [6, 6.07) is 4.79. The van der Waals surface area contributed by atoms with E-state index in [-0.39, 0.29) is 12.4 Å². The quantitative estimate of drug-likeness (QED) is 0.888. The van der Waals surface area contributed by atoms with Crippen molar-refractivity contribution >= 4 is 35.6 Å². The molecule has 0 aliphatic rings. The van der Waals surface area contributed by atoms with Gasteiger partial charge >= 0.3 is 0 Å². The summed E-state index contributed by atoms with van der Waals surface area (Å²) in [6.07, 6.45) is 0.961. The third-order valence-corrected chi connectivity index (χ3v) is 3.17. The predicted molar refractivity (Wildman–Crippen MR) is 71.6 cm³/mol. The van der Waals surface area contributed by atoms with Crippen molar-refractivity contribution < 1.29 is 5.11 Å². The number of aliphatic hydroxyl groups is 1. The molecule has 0 amide bonds. The molecule has 2 atom stereocenters. The third kappa shape index (κ3) is 3.79. The van der Waals surface area contributed by atoms with Gasteiger partial charge in [0, 0.05) is 0 Å². The fraction of sp³-hybridized carbons (Fsp3) is 0.455. The van der Waals surface area contributed by atoms with Gasteiger partial charge in [-0.2, -0.15) is 0 Å². The Morgan fingerprint density at radius 3 is 2.56 bits per heavy atom. The van der Waals surface area contributed by atoms with Gasteiger partial charge in [0.05, 0.1) is 22.2 Å². The van der Waals surface area contributed by atoms with Crippen molar-refractivity contribution in [2.45, 2.75) is 31.9 Å². The topological polar surface area (TPSA) is 46.2 Å². The molecule has 0 radical (unpaired) electrons. The van der Waals surface area contributed by atoms with Gasteiger partial charge in [0.25, 0.3) is 0 Å². The summed E-state index contributed by atoms with van der Waals surface area (Å²) < 4.78 is 0. The van der Waals surface area contributed by atoms with E-state index in [1.165, 1.54) is 0 Å². The molecule has 2 nitrogen and oxygen atoms in total. The number of benzene rings is 1. The maximum atomic E-state index is 9.76. The predicted octanol–water partition coefficient (Wildman–Crippen LogP) is 3.58. The zero-order valence-corrected chi connectivity index (χ0v) is 11.3. The van der Waals surface area contributed by atoms with Crippen LogP contribution in [0.25, 0.3) is 0 Å². The fourth-order valence-electron chi connectivity index (χ4n) is 1.46. The largest absolute Gasteiger partial charge is 0.391 e. The molecule has 0 aromatic heterocycles. The second kappa shape index (κ2) is 7.36. The van der Waals surface area contributed by atoms with Crippen molar-refractivity contribution in [3.05, 3.63) is 33.8 Å². The van der Waals surface area contributed by atoms with Crippen molar-refractivity contribution in [1.29, 1.82) is 0 Å². The van der Waals surface area contributed by atoms with Crippen LogP contribution in [0.4, 0.5) is 0 Å². The van der Waals surface area contributed by atoms with Crippen LogP contribution >= 0.6 is 35.6 Å². The smallest absolute Gasteiger partial charge is 0.0733 e. The lowest BCUT2D eigenvalue weighted by Gasteiger charge is -2.20. The van der Waals surface area contributed by atoms with Gasteiger partial charge in [-0.05, 0) is 18.1 Å². The third-order valence-electron chi connectivity index (χ3n) is 2.34. The minimum Gasteiger partial charge on any atom is -0.391 e. The van der Waals surface area contributed by atoms with Gasteiger partial charge < -0.3 is 10.8 Å². The summed E-state index contributed by atoms with van der Waals surface area (Å²) in [5, 5.41) is 10.7. The van der Waals surface area contributed by atoms with Gasteiger partial charge in [-0.15, -0.1) is 12.4 Å². The zero-order chi connectivity index (χ0) is 11.4. The number of aliphatic hydroxyl groups excluding tert-OH is 1. The van der Waals surface area contributed by atoms with E-state index in [0.717, 1.165) is 6.42 Å². The second-order valence-electron chi connectivity index (χ2n) is 3.52. The minimum absolute atomic E-state index is 0. The summed E-state index contributed by atoms with van der Waals surface area (Å²) in [5.41, 5.74) is 6.60. The van der Waals surface area contributed by atoms with Crippen LogP contribution in [0.15, 0.2) is 18.2 Å². The summed E-state index contributed by atoms with van der Waals surface area (Å²) >= 11 is 11.9. The maximum Gasteiger partial charge on any atom is 0.0733 e. The van der Waals surface area contributed by atoms with E-state index in [2.05, 4.69) is 0 Å². The van der Waals surface area contributed by atoms with Crippen molar-refractivity contribution in [1.82, 2.24) is 0 Å². The van der Waals surface area contributed by atoms with E-state index in [0.29, 0.717) is 22.0 Å². The molecular formula is C11H16Cl3NO. The Labute approximate surface area is 112 Å². The van der Waals surface area contributed by atoms with Crippen LogP contribution in [0.3, 0.4) is 0 Å². The highest BCUT2D eigenvalue weighted by Crippen LogP contribution is 2.30. The van der Waals surface area contributed by atoms with Crippen LogP contribution in [-0.4, -0.2) is 11.2 Å². The van der Waals surface area contributed by atoms with E-state index in [1.54, 1.807) is 18.2 Å². The van der Waals surface area contributed by atoms with Gasteiger partial charge in [0.1, 0.15) is 0 Å². The van der Waals surface area contributed by atoms with Crippen LogP contribution in [0.5, 0.6) is 0 Å². The Balaban J connectivity index is 0.00000225. The van der Waals surface area contributed by atoms with E-state index >= 15 is 0 Å². The van der Waals surface area contributed by atoms with Crippen molar-refractivity contribution in [3.8, 4) is 0 Å². The highest BCUT2D eigenvalue weighted by atomic mass is 35.5. The molecule has 0 heterocycles. The van der Waals surface area contributed by atoms with Crippen LogP contribution in [0, 0.1) is 0 Å². The summed E-state index contributed by atoms with van der Waals surface area (Å²) in [4.78, 5) is 0. The van der Waals surface area contributed by atoms with E-state index in [4.69, 9.17) is 28.9 Å². The fourth-order valence-corrected chi connectivity index (χ4v) is 1.89. The van der Waals surface area contributed by atoms with Gasteiger partial charge in [-0.25, -0.2) is 0 Å². The molecule has 0 saturated carbocycles. The molecule has 0 unspecified atom stereocenters. The first-order valence-electron chi connectivity index (χ1n) is 4.95. The molecular weight excluding hydrogens is 268 g/mol. The Morgan fingerprint density at radius 1 is 1.38 bits per heavy atom. The van der Waals surface area contributed by atoms with Crippen LogP contribution < -0.4 is 5.73 Å². The maximum absolute atomic E-state index is 9.76. The van der Waals surface area contributed by atoms with Gasteiger partial charge in [-0.1, -0.05) is 48.7 Å². The average molecular weight is 285 g/mol. The average Bonchev–Trinajstić information content (AvgIpc) is 2.21. The van der Waals surface area contributed by atoms with Crippen molar-refractivity contribution in [2.24, 2.45) is 5.73 Å². The van der Waals surface area contributed by atoms with Crippen molar-refractivity contribution in [3.63, 3.8) is 0 Å². The van der Waals surface area contributed by atoms with E-state index in [1.807, 2.05) is 6.92 Å². The van der Waals surface area contributed by atoms with Crippen LogP contribution in [0.1, 0.15) is 31.4 Å². The number of hydrogen-bond donors (Lipinski definition) is 2. The van der Waals surface area contributed by atoms with Gasteiger partial charge in [0.15, 0.2) is 0 Å². The molecule has 0 fully saturated rings. The van der Waals surface area contributed by atoms with Gasteiger partial charge in [0.2, 0.25) is 0 Å². The minimum atomic E-state index is -0.578. The monoisotopic (exact) mass is 283 g/mol. The SMILES string of the molecule is CCC[C@@H](O)[C@@H](N)c1cccc(Cl)c1Cl.Cl. The molecule has 16 heavy (non-hydrogen) atoms. The number of rotatable bonds is 4. The second-order valence-corrected chi connectivity index (χ2v) is 4.31. The highest BCUT2D eigenvalue weighted by molar-refractivity contribution is 6.42. The Hall–Kier alpha value is 0.01000. The van der Waals surface area contributed by atoms with E-state index in [9.17, 15) is 5.11 Å². The molecule has 1 aromatic carbocycles. The molecule has 1 aromatic rings. The van der Waals surface area contributed by atoms with Crippen LogP contribution in [-0.2, 0) is 0 Å². The molecule has 1 rings (SSSR count). The first-order chi connectivity index (χ1) is 7.07. The lowest BCUT2D eigenvalue weighted by Crippen LogP contribution is -2.26. The van der Waals surface area contributed by atoms with Crippen LogP contribution in [0.2, 0.25) is 10.0 Å². The normalized spacial score (nSPS) is 14.1. The molecule has 0 spiro atoms. The molecule has 0 aliphatic heterocycles. The molecule has 92 valence electrons. The molecule has 5 heteroatoms. The standard InChI is InChI=1S/C11H15Cl2NO.ClH/c1-2-4-9(15)11(14)7-5-3-6-8(12)10(7)13;/h3,5-6,9,11,15H,2,4,14H2,1H3;1H/t9-,11+;/m1./s1. The zero-order valence-electron chi connectivity index (χ0n) is 8.99. The summed E-state index contributed by atoms with van der Waals surface area (Å²) in [7, 11) is 0. The van der Waals surface area contributed by atoms with Crippen molar-refractivity contribution in [2.75, 3.05) is 0 Å². The number of halogens is 3. The van der Waals surface area contributed by atoms with Gasteiger partial charge in [-0.3, -0.25) is 0 Å². The highest BCUT2D eigenvalue weighted by Gasteiger charge is 2.19. The molecule has 3 N–H and O–H groups in total. The van der Waals surface area contributed by atoms with E-state index < -0.39 is 12.1 Å². The summed E-state index contributed by atoms with van der Waals surface area (Å²) in [6.45, 7) is 2.00. The molecule has 0 aliphatic carbocycles. The Morgan fingerprint density at radius 2 is 2.00 bits per heavy atom. The lowest BCUT2D eigenvalue weighted by molar-refractivity contribution is 0.134. The molecule has 0 saturated heterocycles. The Kier molecular flexibility index (Phi) is 7.36. The first-order valence-corrected chi connectivity index (χ1v) is 5.71. The Bertz CT molecular complexity index is 333. The molecule has 0 bridgehead atoms. The lowest BCUT2D eigenvalue weighted by atomic mass is 9.99. The summed E-state index contributed by atoms with van der Waals surface area (Å²) in [5.74, 6) is 0. The number of hydrogen-bond acceptors (Lipinski definition) is 2. The number of nitrogens with two attached hydrogens (primary N) is 1. The first kappa shape index (κ1) is 16.0.